The molecule has 0 unspecified atom stereocenters. The maximum absolute atomic E-state index is 12.9. The van der Waals surface area contributed by atoms with Crippen LogP contribution in [0.5, 0.6) is 0 Å². The number of nitrogens with one attached hydrogen (secondary N) is 2. The first kappa shape index (κ1) is 32.0. The van der Waals surface area contributed by atoms with E-state index in [0.717, 1.165) is 35.4 Å². The number of amides is 3. The average molecular weight is 602 g/mol. The first-order valence-corrected chi connectivity index (χ1v) is 14.4. The minimum absolute atomic E-state index is 0.0821. The monoisotopic (exact) mass is 601 g/mol. The van der Waals surface area contributed by atoms with Crippen LogP contribution in [0.25, 0.3) is 21.5 Å². The molecule has 1 saturated heterocycles. The zero-order chi connectivity index (χ0) is 31.5. The summed E-state index contributed by atoms with van der Waals surface area (Å²) in [6.07, 6.45) is 6.50. The molecule has 3 amide bonds. The highest BCUT2D eigenvalue weighted by Gasteiger charge is 2.29. The first-order valence-electron chi connectivity index (χ1n) is 14.4. The van der Waals surface area contributed by atoms with Gasteiger partial charge < -0.3 is 20.4 Å². The van der Waals surface area contributed by atoms with E-state index in [1.165, 1.54) is 0 Å². The number of aromatic carboxylic acids is 1. The molecule has 5 rings (SSSR count). The number of hydrogen-bond acceptors (Lipinski definition) is 8. The molecule has 0 saturated carbocycles. The van der Waals surface area contributed by atoms with Crippen molar-refractivity contribution in [1.29, 1.82) is 0 Å². The number of hydroxylamine groups is 1. The van der Waals surface area contributed by atoms with E-state index >= 15 is 0 Å². The standard InChI is InChI=1S/C22H28N4O5.C10H7NO2/c27-14-18(24-21(29)20-17-6-2-1-5-16(17)8-11-23-20)22(30)26-12-9-15(10-13-26)4-3-7-19(28)25-31;12-10(13)9-5-7-3-1-2-4-8(7)6-11-9/h1-2,5-6,8,11,15,18,27,31H,3-4,7,9-10,12-14H2,(H,24,29)(H,25,28);1-6H,(H,12,13)/t18-;/m0./s1. The summed E-state index contributed by atoms with van der Waals surface area (Å²) in [4.78, 5) is 56.9. The van der Waals surface area contributed by atoms with Gasteiger partial charge in [-0.25, -0.2) is 15.3 Å². The van der Waals surface area contributed by atoms with Gasteiger partial charge in [-0.05, 0) is 54.5 Å². The molecule has 12 heteroatoms. The predicted octanol–water partition coefficient (Wildman–Crippen LogP) is 3.17. The highest BCUT2D eigenvalue weighted by Crippen LogP contribution is 2.23. The van der Waals surface area contributed by atoms with Gasteiger partial charge in [0.25, 0.3) is 5.91 Å². The summed E-state index contributed by atoms with van der Waals surface area (Å²) >= 11 is 0. The van der Waals surface area contributed by atoms with Gasteiger partial charge in [0.2, 0.25) is 11.8 Å². The Morgan fingerprint density at radius 1 is 0.932 bits per heavy atom. The van der Waals surface area contributed by atoms with Crippen molar-refractivity contribution in [3.63, 3.8) is 0 Å². The van der Waals surface area contributed by atoms with Crippen molar-refractivity contribution < 1.29 is 34.6 Å². The van der Waals surface area contributed by atoms with Gasteiger partial charge in [-0.2, -0.15) is 0 Å². The zero-order valence-electron chi connectivity index (χ0n) is 24.1. The molecule has 1 fully saturated rings. The number of hydrogen-bond donors (Lipinski definition) is 5. The normalized spacial score (nSPS) is 13.9. The number of aromatic nitrogens is 2. The summed E-state index contributed by atoms with van der Waals surface area (Å²) in [6.45, 7) is 0.578. The summed E-state index contributed by atoms with van der Waals surface area (Å²) in [7, 11) is 0. The van der Waals surface area contributed by atoms with Gasteiger partial charge in [0.05, 0.1) is 6.61 Å². The van der Waals surface area contributed by atoms with Crippen molar-refractivity contribution >= 4 is 45.2 Å². The average Bonchev–Trinajstić information content (AvgIpc) is 3.06. The number of aliphatic hydroxyl groups excluding tert-OH is 1. The molecule has 5 N–H and O–H groups in total. The summed E-state index contributed by atoms with van der Waals surface area (Å²) in [6, 6.07) is 17.2. The Hall–Kier alpha value is -4.94. The molecule has 1 atom stereocenters. The highest BCUT2D eigenvalue weighted by atomic mass is 16.5. The van der Waals surface area contributed by atoms with E-state index in [4.69, 9.17) is 10.3 Å². The minimum atomic E-state index is -1.03. The molecule has 44 heavy (non-hydrogen) atoms. The number of piperidine rings is 1. The number of carbonyl (C=O) groups is 4. The molecule has 0 bridgehead atoms. The highest BCUT2D eigenvalue weighted by molar-refractivity contribution is 6.06. The molecule has 0 spiro atoms. The van der Waals surface area contributed by atoms with Gasteiger partial charge in [0.15, 0.2) is 0 Å². The van der Waals surface area contributed by atoms with Gasteiger partial charge in [-0.3, -0.25) is 24.6 Å². The van der Waals surface area contributed by atoms with Crippen LogP contribution in [0.2, 0.25) is 0 Å². The number of carboxylic acid groups (broad SMARTS) is 1. The number of carbonyl (C=O) groups excluding carboxylic acids is 3. The van der Waals surface area contributed by atoms with Crippen LogP contribution in [0.4, 0.5) is 0 Å². The maximum atomic E-state index is 12.9. The third-order valence-corrected chi connectivity index (χ3v) is 7.59. The van der Waals surface area contributed by atoms with Crippen molar-refractivity contribution in [2.45, 2.75) is 38.1 Å². The van der Waals surface area contributed by atoms with E-state index in [0.29, 0.717) is 30.8 Å². The number of aliphatic hydroxyl groups is 1. The smallest absolute Gasteiger partial charge is 0.354 e. The number of likely N-dealkylation sites (tertiary alicyclic amines) is 1. The third kappa shape index (κ3) is 8.33. The molecular formula is C32H35N5O7. The number of nitrogens with zero attached hydrogens (tertiary/aromatic N) is 3. The second-order valence-electron chi connectivity index (χ2n) is 10.5. The van der Waals surface area contributed by atoms with Crippen LogP contribution >= 0.6 is 0 Å². The van der Waals surface area contributed by atoms with Crippen molar-refractivity contribution in [3.8, 4) is 0 Å². The second-order valence-corrected chi connectivity index (χ2v) is 10.5. The third-order valence-electron chi connectivity index (χ3n) is 7.59. The van der Waals surface area contributed by atoms with Gasteiger partial charge >= 0.3 is 5.97 Å². The number of pyridine rings is 2. The van der Waals surface area contributed by atoms with Crippen LogP contribution < -0.4 is 10.8 Å². The summed E-state index contributed by atoms with van der Waals surface area (Å²) in [5.41, 5.74) is 1.93. The first-order chi connectivity index (χ1) is 21.3. The fraction of sp³-hybridized carbons (Fsp3) is 0.312. The van der Waals surface area contributed by atoms with Gasteiger partial charge in [0.1, 0.15) is 17.4 Å². The predicted molar refractivity (Wildman–Crippen MR) is 162 cm³/mol. The fourth-order valence-corrected chi connectivity index (χ4v) is 5.18. The summed E-state index contributed by atoms with van der Waals surface area (Å²) in [5.74, 6) is -1.80. The van der Waals surface area contributed by atoms with Crippen LogP contribution in [0.1, 0.15) is 53.1 Å². The van der Waals surface area contributed by atoms with Crippen molar-refractivity contribution in [1.82, 2.24) is 25.7 Å². The topological polar surface area (TPSA) is 182 Å². The SMILES string of the molecule is O=C(CCCC1CCN(C(=O)[C@H](CO)NC(=O)c2nccc3ccccc23)CC1)NO.O=C(O)c1cc2ccccc2cn1. The Labute approximate surface area is 253 Å². The number of carboxylic acids is 1. The summed E-state index contributed by atoms with van der Waals surface area (Å²) < 4.78 is 0. The molecule has 3 heterocycles. The Balaban J connectivity index is 0.000000281. The van der Waals surface area contributed by atoms with Crippen molar-refractivity contribution in [2.24, 2.45) is 5.92 Å². The van der Waals surface area contributed by atoms with Crippen LogP contribution in [-0.2, 0) is 9.59 Å². The quantitative estimate of drug-likeness (QED) is 0.142. The van der Waals surface area contributed by atoms with E-state index in [1.54, 1.807) is 41.0 Å². The van der Waals surface area contributed by atoms with E-state index in [2.05, 4.69) is 15.3 Å². The number of benzene rings is 2. The van der Waals surface area contributed by atoms with E-state index in [9.17, 15) is 24.3 Å². The lowest BCUT2D eigenvalue weighted by molar-refractivity contribution is -0.135. The van der Waals surface area contributed by atoms with Crippen molar-refractivity contribution in [2.75, 3.05) is 19.7 Å². The number of rotatable bonds is 9. The van der Waals surface area contributed by atoms with E-state index in [-0.39, 0.29) is 23.7 Å². The minimum Gasteiger partial charge on any atom is -0.477 e. The van der Waals surface area contributed by atoms with Crippen molar-refractivity contribution in [3.05, 3.63) is 84.4 Å². The van der Waals surface area contributed by atoms with Crippen LogP contribution in [-0.4, -0.2) is 79.7 Å². The lowest BCUT2D eigenvalue weighted by Crippen LogP contribution is -2.52. The Bertz CT molecular complexity index is 1620. The molecule has 2 aromatic heterocycles. The van der Waals surface area contributed by atoms with Gasteiger partial charge in [-0.15, -0.1) is 0 Å². The van der Waals surface area contributed by atoms with Crippen LogP contribution in [0.3, 0.4) is 0 Å². The second kappa shape index (κ2) is 15.5. The largest absolute Gasteiger partial charge is 0.477 e. The van der Waals surface area contributed by atoms with E-state index in [1.807, 2.05) is 42.5 Å². The zero-order valence-corrected chi connectivity index (χ0v) is 24.1. The van der Waals surface area contributed by atoms with E-state index < -0.39 is 30.4 Å². The fourth-order valence-electron chi connectivity index (χ4n) is 5.18. The Kier molecular flexibility index (Phi) is 11.3. The molecule has 2 aromatic carbocycles. The molecule has 1 aliphatic heterocycles. The Morgan fingerprint density at radius 3 is 2.30 bits per heavy atom. The molecular weight excluding hydrogens is 566 g/mol. The van der Waals surface area contributed by atoms with Crippen LogP contribution in [0, 0.1) is 5.92 Å². The molecule has 12 nitrogen and oxygen atoms in total. The molecule has 4 aromatic rings. The van der Waals surface area contributed by atoms with Crippen LogP contribution in [0.15, 0.2) is 73.1 Å². The summed E-state index contributed by atoms with van der Waals surface area (Å²) in [5, 5.41) is 33.0. The van der Waals surface area contributed by atoms with Gasteiger partial charge in [0, 0.05) is 42.7 Å². The Morgan fingerprint density at radius 2 is 1.61 bits per heavy atom. The molecule has 1 aliphatic rings. The van der Waals surface area contributed by atoms with Gasteiger partial charge in [-0.1, -0.05) is 48.5 Å². The molecule has 230 valence electrons. The number of fused-ring (bicyclic) bond motifs is 2. The maximum Gasteiger partial charge on any atom is 0.354 e. The molecule has 0 radical (unpaired) electrons. The lowest BCUT2D eigenvalue weighted by atomic mass is 9.91. The molecule has 0 aliphatic carbocycles. The lowest BCUT2D eigenvalue weighted by Gasteiger charge is -2.34.